The Balaban J connectivity index is 0.000000399. The van der Waals surface area contributed by atoms with Crippen LogP contribution in [-0.2, 0) is 0 Å². The lowest BCUT2D eigenvalue weighted by Crippen LogP contribution is -2.14. The van der Waals surface area contributed by atoms with Gasteiger partial charge in [0.2, 0.25) is 5.78 Å². The predicted molar refractivity (Wildman–Crippen MR) is 72.9 cm³/mol. The average Bonchev–Trinajstić information content (AvgIpc) is 2.28. The topological polar surface area (TPSA) is 74.6 Å². The SMILES string of the molecule is C=C(C)C.O=C1C=C(Cl)C(=O)c2c(O)ccc(O)c21. The van der Waals surface area contributed by atoms with Crippen LogP contribution in [0, 0.1) is 0 Å². The van der Waals surface area contributed by atoms with Gasteiger partial charge in [0, 0.05) is 6.08 Å². The van der Waals surface area contributed by atoms with Crippen molar-refractivity contribution in [2.24, 2.45) is 0 Å². The first-order chi connectivity index (χ1) is 8.75. The standard InChI is InChI=1S/C10H5ClO4.C4H8/c11-4-3-7(14)8-5(12)1-2-6(13)9(8)10(4)15;1-4(2)3/h1-3,12-13H;1H2,2-3H3. The summed E-state index contributed by atoms with van der Waals surface area (Å²) in [5.74, 6) is -1.98. The number of allylic oxidation sites excluding steroid dienone is 3. The Morgan fingerprint density at radius 1 is 1.11 bits per heavy atom. The van der Waals surface area contributed by atoms with Crippen LogP contribution >= 0.6 is 11.6 Å². The average molecular weight is 281 g/mol. The Morgan fingerprint density at radius 3 is 2.00 bits per heavy atom. The molecule has 4 nitrogen and oxygen atoms in total. The second-order valence-corrected chi connectivity index (χ2v) is 4.65. The van der Waals surface area contributed by atoms with Gasteiger partial charge < -0.3 is 10.2 Å². The van der Waals surface area contributed by atoms with Crippen LogP contribution in [0.2, 0.25) is 0 Å². The third-order valence-electron chi connectivity index (χ3n) is 2.11. The number of phenolic OH excluding ortho intramolecular Hbond substituents is 2. The van der Waals surface area contributed by atoms with Gasteiger partial charge in [0.05, 0.1) is 16.2 Å². The second kappa shape index (κ2) is 5.71. The van der Waals surface area contributed by atoms with Crippen molar-refractivity contribution in [1.82, 2.24) is 0 Å². The number of hydrogen-bond acceptors (Lipinski definition) is 4. The number of halogens is 1. The Morgan fingerprint density at radius 2 is 1.53 bits per heavy atom. The molecule has 0 radical (unpaired) electrons. The minimum Gasteiger partial charge on any atom is -0.507 e. The maximum Gasteiger partial charge on any atom is 0.209 e. The molecule has 1 aromatic rings. The number of carbonyl (C=O) groups is 2. The van der Waals surface area contributed by atoms with E-state index in [1.54, 1.807) is 0 Å². The second-order valence-electron chi connectivity index (χ2n) is 4.25. The summed E-state index contributed by atoms with van der Waals surface area (Å²) in [4.78, 5) is 22.9. The molecule has 0 spiro atoms. The number of hydrogen-bond donors (Lipinski definition) is 2. The van der Waals surface area contributed by atoms with Gasteiger partial charge >= 0.3 is 0 Å². The normalized spacial score (nSPS) is 13.1. The summed E-state index contributed by atoms with van der Waals surface area (Å²) in [6, 6.07) is 2.28. The van der Waals surface area contributed by atoms with Crippen LogP contribution in [0.25, 0.3) is 0 Å². The van der Waals surface area contributed by atoms with Crippen LogP contribution in [0.3, 0.4) is 0 Å². The Kier molecular flexibility index (Phi) is 4.51. The van der Waals surface area contributed by atoms with Crippen LogP contribution in [0.15, 0.2) is 35.4 Å². The third kappa shape index (κ3) is 3.23. The maximum atomic E-state index is 11.5. The summed E-state index contributed by atoms with van der Waals surface area (Å²) in [7, 11) is 0. The fourth-order valence-electron chi connectivity index (χ4n) is 1.43. The van der Waals surface area contributed by atoms with Crippen molar-refractivity contribution in [3.05, 3.63) is 46.5 Å². The molecule has 0 atom stereocenters. The fourth-order valence-corrected chi connectivity index (χ4v) is 1.63. The van der Waals surface area contributed by atoms with Crippen molar-refractivity contribution in [1.29, 1.82) is 0 Å². The quantitative estimate of drug-likeness (QED) is 0.565. The number of benzene rings is 1. The number of carbonyl (C=O) groups excluding carboxylic acids is 2. The predicted octanol–water partition coefficient (Wildman–Crippen LogP) is 3.18. The van der Waals surface area contributed by atoms with Gasteiger partial charge in [-0.05, 0) is 26.0 Å². The van der Waals surface area contributed by atoms with Crippen molar-refractivity contribution >= 4 is 23.2 Å². The van der Waals surface area contributed by atoms with E-state index in [1.807, 2.05) is 13.8 Å². The first-order valence-electron chi connectivity index (χ1n) is 5.39. The van der Waals surface area contributed by atoms with E-state index in [0.717, 1.165) is 18.2 Å². The smallest absolute Gasteiger partial charge is 0.209 e. The Hall–Kier alpha value is -2.07. The van der Waals surface area contributed by atoms with Crippen molar-refractivity contribution in [3.63, 3.8) is 0 Å². The highest BCUT2D eigenvalue weighted by Gasteiger charge is 2.29. The summed E-state index contributed by atoms with van der Waals surface area (Å²) in [6.45, 7) is 7.50. The van der Waals surface area contributed by atoms with Crippen LogP contribution in [0.5, 0.6) is 11.5 Å². The van der Waals surface area contributed by atoms with Gasteiger partial charge in [-0.15, -0.1) is 6.58 Å². The first kappa shape index (κ1) is 15.0. The van der Waals surface area contributed by atoms with Crippen molar-refractivity contribution in [3.8, 4) is 11.5 Å². The molecule has 0 heterocycles. The van der Waals surface area contributed by atoms with Gasteiger partial charge in [0.15, 0.2) is 5.78 Å². The van der Waals surface area contributed by atoms with Crippen LogP contribution in [0.4, 0.5) is 0 Å². The molecule has 100 valence electrons. The fraction of sp³-hybridized carbons (Fsp3) is 0.143. The zero-order valence-electron chi connectivity index (χ0n) is 10.5. The van der Waals surface area contributed by atoms with Gasteiger partial charge in [-0.1, -0.05) is 17.2 Å². The summed E-state index contributed by atoms with van der Waals surface area (Å²) in [5, 5.41) is 18.5. The largest absolute Gasteiger partial charge is 0.507 e. The molecule has 0 aliphatic heterocycles. The molecule has 2 rings (SSSR count). The number of fused-ring (bicyclic) bond motifs is 1. The van der Waals surface area contributed by atoms with Crippen LogP contribution < -0.4 is 0 Å². The van der Waals surface area contributed by atoms with E-state index in [2.05, 4.69) is 6.58 Å². The van der Waals surface area contributed by atoms with E-state index >= 15 is 0 Å². The summed E-state index contributed by atoms with van der Waals surface area (Å²) < 4.78 is 0. The van der Waals surface area contributed by atoms with Crippen molar-refractivity contribution in [2.45, 2.75) is 13.8 Å². The summed E-state index contributed by atoms with van der Waals surface area (Å²) in [6.07, 6.45) is 0.922. The molecule has 1 aliphatic carbocycles. The molecule has 0 unspecified atom stereocenters. The van der Waals surface area contributed by atoms with Crippen LogP contribution in [-0.4, -0.2) is 21.8 Å². The monoisotopic (exact) mass is 280 g/mol. The lowest BCUT2D eigenvalue weighted by atomic mass is 9.93. The molecule has 0 fully saturated rings. The first-order valence-corrected chi connectivity index (χ1v) is 5.76. The number of phenols is 2. The van der Waals surface area contributed by atoms with E-state index in [0.29, 0.717) is 0 Å². The molecule has 0 saturated carbocycles. The van der Waals surface area contributed by atoms with Gasteiger partial charge in [0.25, 0.3) is 0 Å². The summed E-state index contributed by atoms with van der Waals surface area (Å²) >= 11 is 5.51. The number of aromatic hydroxyl groups is 2. The highest BCUT2D eigenvalue weighted by molar-refractivity contribution is 6.49. The molecule has 5 heteroatoms. The van der Waals surface area contributed by atoms with E-state index in [9.17, 15) is 19.8 Å². The molecular weight excluding hydrogens is 268 g/mol. The van der Waals surface area contributed by atoms with E-state index in [-0.39, 0.29) is 27.7 Å². The third-order valence-corrected chi connectivity index (χ3v) is 2.39. The molecule has 1 aliphatic rings. The highest BCUT2D eigenvalue weighted by atomic mass is 35.5. The van der Waals surface area contributed by atoms with E-state index in [4.69, 9.17) is 11.6 Å². The molecule has 19 heavy (non-hydrogen) atoms. The molecule has 0 saturated heterocycles. The molecule has 0 amide bonds. The molecule has 0 bridgehead atoms. The zero-order valence-corrected chi connectivity index (χ0v) is 11.3. The van der Waals surface area contributed by atoms with Crippen LogP contribution in [0.1, 0.15) is 34.6 Å². The Bertz CT molecular complexity index is 596. The van der Waals surface area contributed by atoms with Gasteiger partial charge in [-0.25, -0.2) is 0 Å². The van der Waals surface area contributed by atoms with Crippen molar-refractivity contribution in [2.75, 3.05) is 0 Å². The Labute approximate surface area is 115 Å². The minimum absolute atomic E-state index is 0.204. The zero-order chi connectivity index (χ0) is 14.7. The van der Waals surface area contributed by atoms with E-state index < -0.39 is 11.6 Å². The molecule has 0 aromatic heterocycles. The van der Waals surface area contributed by atoms with Gasteiger partial charge in [0.1, 0.15) is 11.5 Å². The minimum atomic E-state index is -0.667. The maximum absolute atomic E-state index is 11.5. The van der Waals surface area contributed by atoms with Gasteiger partial charge in [-0.3, -0.25) is 9.59 Å². The summed E-state index contributed by atoms with van der Waals surface area (Å²) in [5.41, 5.74) is 0.719. The lowest BCUT2D eigenvalue weighted by Gasteiger charge is -2.13. The molecular formula is C14H13ClO4. The molecule has 2 N–H and O–H groups in total. The number of Topliss-reactive ketones (excluding diaryl/α,β-unsaturated/α-hetero) is 1. The molecule has 1 aromatic carbocycles. The van der Waals surface area contributed by atoms with E-state index in [1.165, 1.54) is 5.57 Å². The number of ketones is 2. The van der Waals surface area contributed by atoms with Gasteiger partial charge in [-0.2, -0.15) is 0 Å². The van der Waals surface area contributed by atoms with Crippen molar-refractivity contribution < 1.29 is 19.8 Å². The lowest BCUT2D eigenvalue weighted by molar-refractivity contribution is 0.0985. The number of rotatable bonds is 0. The highest BCUT2D eigenvalue weighted by Crippen LogP contribution is 2.35.